The molecule has 1 aliphatic carbocycles. The summed E-state index contributed by atoms with van der Waals surface area (Å²) in [5.74, 6) is 1.33. The predicted octanol–water partition coefficient (Wildman–Crippen LogP) is 0.281. The van der Waals surface area contributed by atoms with Crippen LogP contribution in [0.15, 0.2) is 0 Å². The molecule has 19 heavy (non-hydrogen) atoms. The average molecular weight is 266 g/mol. The highest BCUT2D eigenvalue weighted by Crippen LogP contribution is 2.52. The highest BCUT2D eigenvalue weighted by molar-refractivity contribution is 5.77. The van der Waals surface area contributed by atoms with Crippen molar-refractivity contribution in [1.29, 1.82) is 0 Å². The molecule has 1 aliphatic heterocycles. The second-order valence-corrected chi connectivity index (χ2v) is 5.95. The average Bonchev–Trinajstić information content (AvgIpc) is 2.86. The van der Waals surface area contributed by atoms with Crippen LogP contribution in [0.5, 0.6) is 0 Å². The van der Waals surface area contributed by atoms with Gasteiger partial charge in [-0.15, -0.1) is 6.42 Å². The molecule has 0 aromatic rings. The molecule has 0 radical (unpaired) electrons. The third-order valence-electron chi connectivity index (χ3n) is 3.77. The molecule has 6 nitrogen and oxygen atoms in total. The van der Waals surface area contributed by atoms with Gasteiger partial charge in [0.05, 0.1) is 12.5 Å². The first-order valence-electron chi connectivity index (χ1n) is 6.22. The van der Waals surface area contributed by atoms with Crippen LogP contribution in [0, 0.1) is 28.9 Å². The molecule has 2 rings (SSSR count). The van der Waals surface area contributed by atoms with Crippen LogP contribution < -0.4 is 0 Å². The summed E-state index contributed by atoms with van der Waals surface area (Å²) in [4.78, 5) is 24.9. The molecular weight excluding hydrogens is 248 g/mol. The van der Waals surface area contributed by atoms with Crippen molar-refractivity contribution in [3.63, 3.8) is 0 Å². The van der Waals surface area contributed by atoms with Crippen molar-refractivity contribution in [3.05, 3.63) is 5.21 Å². The summed E-state index contributed by atoms with van der Waals surface area (Å²) in [6.07, 6.45) is 5.91. The van der Waals surface area contributed by atoms with Crippen LogP contribution in [0.2, 0.25) is 0 Å². The number of rotatable bonds is 4. The largest absolute Gasteiger partial charge is 0.622 e. The number of terminal acetylenes is 1. The lowest BCUT2D eigenvalue weighted by molar-refractivity contribution is -0.822. The van der Waals surface area contributed by atoms with Crippen molar-refractivity contribution < 1.29 is 19.0 Å². The molecule has 0 bridgehead atoms. The summed E-state index contributed by atoms with van der Waals surface area (Å²) in [6, 6.07) is 0. The summed E-state index contributed by atoms with van der Waals surface area (Å²) < 4.78 is 3.85. The van der Waals surface area contributed by atoms with E-state index in [1.165, 1.54) is 0 Å². The van der Waals surface area contributed by atoms with E-state index in [1.807, 2.05) is 13.8 Å². The lowest BCUT2D eigenvalue weighted by Crippen LogP contribution is -2.47. The van der Waals surface area contributed by atoms with Gasteiger partial charge < -0.3 is 9.94 Å². The number of hydrogen-bond donors (Lipinski definition) is 0. The number of carbonyl (C=O) groups excluding carboxylic acids is 2. The molecule has 0 aromatic heterocycles. The van der Waals surface area contributed by atoms with E-state index in [4.69, 9.17) is 11.2 Å². The highest BCUT2D eigenvalue weighted by Gasteiger charge is 2.52. The van der Waals surface area contributed by atoms with Gasteiger partial charge in [-0.25, -0.2) is 9.69 Å². The smallest absolute Gasteiger partial charge is 0.331 e. The predicted molar refractivity (Wildman–Crippen MR) is 66.8 cm³/mol. The molecule has 104 valence electrons. The zero-order chi connectivity index (χ0) is 14.3. The molecule has 1 heterocycles. The van der Waals surface area contributed by atoms with Crippen LogP contribution in [0.1, 0.15) is 20.3 Å². The second kappa shape index (κ2) is 4.60. The maximum absolute atomic E-state index is 12.2. The van der Waals surface area contributed by atoms with Crippen LogP contribution in [0.25, 0.3) is 0 Å². The maximum Gasteiger partial charge on any atom is 0.331 e. The normalized spacial score (nSPS) is 32.9. The van der Waals surface area contributed by atoms with E-state index < -0.39 is 17.3 Å². The molecule has 0 N–H and O–H groups in total. The van der Waals surface area contributed by atoms with Crippen molar-refractivity contribution >= 4 is 11.9 Å². The first kappa shape index (κ1) is 14.0. The minimum Gasteiger partial charge on any atom is -0.622 e. The van der Waals surface area contributed by atoms with Gasteiger partial charge in [-0.2, -0.15) is 0 Å². The summed E-state index contributed by atoms with van der Waals surface area (Å²) in [7, 11) is 0. The number of hydrogen-bond acceptors (Lipinski definition) is 5. The van der Waals surface area contributed by atoms with Crippen molar-refractivity contribution in [3.8, 4) is 12.3 Å². The summed E-state index contributed by atoms with van der Waals surface area (Å²) in [5, 5.41) is 12.2. The van der Waals surface area contributed by atoms with Crippen LogP contribution >= 0.6 is 0 Å². The Balaban J connectivity index is 1.87. The Kier molecular flexibility index (Phi) is 3.39. The Labute approximate surface area is 112 Å². The first-order chi connectivity index (χ1) is 8.78. The molecule has 1 saturated heterocycles. The Morgan fingerprint density at radius 2 is 2.32 bits per heavy atom. The van der Waals surface area contributed by atoms with Gasteiger partial charge in [-0.3, -0.25) is 9.44 Å². The lowest BCUT2D eigenvalue weighted by atomic mass is 10.1. The Bertz CT molecular complexity index is 454. The van der Waals surface area contributed by atoms with Gasteiger partial charge in [0.25, 0.3) is 0 Å². The standard InChI is InChI=1S/C13H18N2O4/c1-4-5-14-7-11(16)15(18,8-14)9-19-12(17)10-6-13(10,2)3/h1,10H,5-9H2,2-3H3/t10-,15?/m0/s1. The molecule has 1 saturated carbocycles. The van der Waals surface area contributed by atoms with E-state index in [0.29, 0.717) is 0 Å². The van der Waals surface area contributed by atoms with Crippen LogP contribution in [-0.2, 0) is 14.3 Å². The topological polar surface area (TPSA) is 69.7 Å². The van der Waals surface area contributed by atoms with Gasteiger partial charge >= 0.3 is 11.9 Å². The molecule has 1 unspecified atom stereocenters. The molecule has 6 heteroatoms. The molecule has 2 fully saturated rings. The Morgan fingerprint density at radius 3 is 2.84 bits per heavy atom. The molecule has 0 spiro atoms. The first-order valence-corrected chi connectivity index (χ1v) is 6.22. The number of ether oxygens (including phenoxy) is 1. The van der Waals surface area contributed by atoms with Crippen molar-refractivity contribution in [1.82, 2.24) is 4.90 Å². The fourth-order valence-corrected chi connectivity index (χ4v) is 2.26. The zero-order valence-electron chi connectivity index (χ0n) is 11.2. The fourth-order valence-electron chi connectivity index (χ4n) is 2.26. The summed E-state index contributed by atoms with van der Waals surface area (Å²) >= 11 is 0. The number of esters is 1. The second-order valence-electron chi connectivity index (χ2n) is 5.95. The van der Waals surface area contributed by atoms with E-state index in [1.54, 1.807) is 4.90 Å². The minimum absolute atomic E-state index is 0.0141. The number of quaternary nitrogens is 1. The minimum atomic E-state index is -1.15. The van der Waals surface area contributed by atoms with Crippen LogP contribution in [0.3, 0.4) is 0 Å². The van der Waals surface area contributed by atoms with Gasteiger partial charge in [-0.05, 0) is 11.8 Å². The van der Waals surface area contributed by atoms with Gasteiger partial charge in [0.2, 0.25) is 6.73 Å². The van der Waals surface area contributed by atoms with Crippen molar-refractivity contribution in [2.24, 2.45) is 11.3 Å². The van der Waals surface area contributed by atoms with Gasteiger partial charge in [0.15, 0.2) is 0 Å². The van der Waals surface area contributed by atoms with E-state index in [0.717, 1.165) is 6.42 Å². The third-order valence-corrected chi connectivity index (χ3v) is 3.77. The zero-order valence-corrected chi connectivity index (χ0v) is 11.2. The Hall–Kier alpha value is -1.42. The SMILES string of the molecule is C#CCN1CC(=O)[N+]([O-])(COC(=O)[C@@H]2CC2(C)C)C1. The molecule has 2 atom stereocenters. The van der Waals surface area contributed by atoms with Crippen molar-refractivity contribution in [2.45, 2.75) is 20.3 Å². The number of nitrogens with zero attached hydrogens (tertiary/aromatic N) is 2. The monoisotopic (exact) mass is 266 g/mol. The van der Waals surface area contributed by atoms with E-state index in [2.05, 4.69) is 5.92 Å². The fraction of sp³-hybridized carbons (Fsp3) is 0.692. The maximum atomic E-state index is 12.2. The summed E-state index contributed by atoms with van der Waals surface area (Å²) in [6.45, 7) is 3.69. The molecule has 0 aromatic carbocycles. The lowest BCUT2D eigenvalue weighted by Gasteiger charge is -2.33. The van der Waals surface area contributed by atoms with Gasteiger partial charge in [-0.1, -0.05) is 19.8 Å². The number of carbonyl (C=O) groups is 2. The van der Waals surface area contributed by atoms with Gasteiger partial charge in [0.1, 0.15) is 13.2 Å². The molecular formula is C13H18N2O4. The Morgan fingerprint density at radius 1 is 1.68 bits per heavy atom. The summed E-state index contributed by atoms with van der Waals surface area (Å²) in [5.41, 5.74) is -0.0463. The van der Waals surface area contributed by atoms with E-state index >= 15 is 0 Å². The highest BCUT2D eigenvalue weighted by atomic mass is 16.6. The van der Waals surface area contributed by atoms with Crippen LogP contribution in [-0.4, -0.2) is 47.9 Å². The van der Waals surface area contributed by atoms with E-state index in [-0.39, 0.29) is 37.1 Å². The van der Waals surface area contributed by atoms with Crippen LogP contribution in [0.4, 0.5) is 0 Å². The van der Waals surface area contributed by atoms with Crippen molar-refractivity contribution in [2.75, 3.05) is 26.5 Å². The molecule has 2 aliphatic rings. The number of amides is 1. The number of hydroxylamine groups is 3. The van der Waals surface area contributed by atoms with E-state index in [9.17, 15) is 14.8 Å². The van der Waals surface area contributed by atoms with Gasteiger partial charge in [0, 0.05) is 0 Å². The third kappa shape index (κ3) is 2.78. The quantitative estimate of drug-likeness (QED) is 0.316. The molecule has 1 amide bonds.